The van der Waals surface area contributed by atoms with Crippen molar-refractivity contribution < 1.29 is 9.18 Å². The Balaban J connectivity index is 1.43. The molecule has 0 aliphatic carbocycles. The third kappa shape index (κ3) is 4.00. The molecule has 1 atom stereocenters. The van der Waals surface area contributed by atoms with Crippen LogP contribution < -0.4 is 0 Å². The lowest BCUT2D eigenvalue weighted by atomic mass is 10.0. The van der Waals surface area contributed by atoms with Crippen molar-refractivity contribution in [2.24, 2.45) is 0 Å². The Bertz CT molecular complexity index is 823. The van der Waals surface area contributed by atoms with Crippen LogP contribution in [0.1, 0.15) is 47.9 Å². The first kappa shape index (κ1) is 18.0. The molecule has 142 valence electrons. The zero-order chi connectivity index (χ0) is 18.8. The molecule has 5 nitrogen and oxygen atoms in total. The van der Waals surface area contributed by atoms with Crippen molar-refractivity contribution in [1.82, 2.24) is 19.8 Å². The summed E-state index contributed by atoms with van der Waals surface area (Å²) >= 11 is 0. The Morgan fingerprint density at radius 1 is 1.22 bits per heavy atom. The van der Waals surface area contributed by atoms with E-state index in [0.717, 1.165) is 42.0 Å². The summed E-state index contributed by atoms with van der Waals surface area (Å²) in [6.45, 7) is 2.32. The number of piperidine rings is 1. The van der Waals surface area contributed by atoms with E-state index in [2.05, 4.69) is 16.9 Å². The number of aromatic nitrogens is 2. The van der Waals surface area contributed by atoms with Crippen molar-refractivity contribution in [3.8, 4) is 0 Å². The Morgan fingerprint density at radius 2 is 2.04 bits per heavy atom. The van der Waals surface area contributed by atoms with Gasteiger partial charge in [0.25, 0.3) is 0 Å². The summed E-state index contributed by atoms with van der Waals surface area (Å²) in [5, 5.41) is 0. The van der Waals surface area contributed by atoms with Gasteiger partial charge in [0.05, 0.1) is 18.2 Å². The highest BCUT2D eigenvalue weighted by molar-refractivity contribution is 5.79. The molecule has 1 aromatic heterocycles. The number of nitrogens with zero attached hydrogens (tertiary/aromatic N) is 4. The van der Waals surface area contributed by atoms with E-state index in [0.29, 0.717) is 25.6 Å². The lowest BCUT2D eigenvalue weighted by Crippen LogP contribution is -2.38. The number of hydrogen-bond donors (Lipinski definition) is 0. The molecule has 0 radical (unpaired) electrons. The van der Waals surface area contributed by atoms with Crippen LogP contribution >= 0.6 is 0 Å². The van der Waals surface area contributed by atoms with Crippen LogP contribution in [0.5, 0.6) is 0 Å². The molecule has 0 spiro atoms. The van der Waals surface area contributed by atoms with Gasteiger partial charge in [-0.25, -0.2) is 14.4 Å². The normalized spacial score (nSPS) is 20.4. The minimum Gasteiger partial charge on any atom is -0.338 e. The fourth-order valence-electron chi connectivity index (χ4n) is 4.00. The number of benzene rings is 1. The van der Waals surface area contributed by atoms with Gasteiger partial charge >= 0.3 is 0 Å². The summed E-state index contributed by atoms with van der Waals surface area (Å²) < 4.78 is 13.0. The third-order valence-electron chi connectivity index (χ3n) is 5.64. The summed E-state index contributed by atoms with van der Waals surface area (Å²) in [6, 6.07) is 6.43. The fourth-order valence-corrected chi connectivity index (χ4v) is 4.00. The summed E-state index contributed by atoms with van der Waals surface area (Å²) in [5.74, 6) is 0.694. The summed E-state index contributed by atoms with van der Waals surface area (Å²) in [7, 11) is 2.14. The predicted octanol–water partition coefficient (Wildman–Crippen LogP) is 2.90. The molecule has 0 N–H and O–H groups in total. The van der Waals surface area contributed by atoms with Crippen LogP contribution in [0.2, 0.25) is 0 Å². The number of hydrogen-bond acceptors (Lipinski definition) is 4. The van der Waals surface area contributed by atoms with Crippen LogP contribution in [0.15, 0.2) is 30.5 Å². The van der Waals surface area contributed by atoms with E-state index < -0.39 is 0 Å². The highest BCUT2D eigenvalue weighted by atomic mass is 19.1. The lowest BCUT2D eigenvalue weighted by Gasteiger charge is -2.33. The molecule has 0 saturated carbocycles. The zero-order valence-electron chi connectivity index (χ0n) is 15.7. The Labute approximate surface area is 159 Å². The molecular formula is C21H25FN4O. The maximum atomic E-state index is 13.0. The van der Waals surface area contributed by atoms with Gasteiger partial charge in [-0.05, 0) is 44.1 Å². The standard InChI is InChI=1S/C21H25FN4O/c1-25-10-3-2-4-19(25)21-23-13-16-14-26(11-9-18(16)24-21)20(27)12-15-5-7-17(22)8-6-15/h5-8,13,19H,2-4,9-12,14H2,1H3/t19-/m0/s1. The third-order valence-corrected chi connectivity index (χ3v) is 5.64. The number of halogens is 1. The first-order chi connectivity index (χ1) is 13.1. The minimum absolute atomic E-state index is 0.0587. The average molecular weight is 368 g/mol. The van der Waals surface area contributed by atoms with Gasteiger partial charge < -0.3 is 4.90 Å². The summed E-state index contributed by atoms with van der Waals surface area (Å²) in [4.78, 5) is 26.3. The van der Waals surface area contributed by atoms with Crippen LogP contribution in [0.4, 0.5) is 4.39 Å². The van der Waals surface area contributed by atoms with Crippen LogP contribution in [0, 0.1) is 5.82 Å². The largest absolute Gasteiger partial charge is 0.338 e. The van der Waals surface area contributed by atoms with Gasteiger partial charge in [0.15, 0.2) is 0 Å². The van der Waals surface area contributed by atoms with E-state index in [9.17, 15) is 9.18 Å². The van der Waals surface area contributed by atoms with Gasteiger partial charge in [-0.3, -0.25) is 9.69 Å². The zero-order valence-corrected chi connectivity index (χ0v) is 15.7. The van der Waals surface area contributed by atoms with E-state index in [1.165, 1.54) is 25.0 Å². The van der Waals surface area contributed by atoms with Crippen LogP contribution in [-0.4, -0.2) is 45.8 Å². The van der Waals surface area contributed by atoms with Gasteiger partial charge in [0.2, 0.25) is 5.91 Å². The van der Waals surface area contributed by atoms with Gasteiger partial charge in [-0.1, -0.05) is 18.6 Å². The van der Waals surface area contributed by atoms with E-state index in [1.807, 2.05) is 11.1 Å². The topological polar surface area (TPSA) is 49.3 Å². The van der Waals surface area contributed by atoms with Crippen molar-refractivity contribution in [3.05, 3.63) is 58.9 Å². The second kappa shape index (κ2) is 7.72. The predicted molar refractivity (Wildman–Crippen MR) is 100 cm³/mol. The van der Waals surface area contributed by atoms with Crippen LogP contribution in [0.3, 0.4) is 0 Å². The summed E-state index contributed by atoms with van der Waals surface area (Å²) in [6.07, 6.45) is 6.52. The molecule has 1 saturated heterocycles. The average Bonchev–Trinajstić information content (AvgIpc) is 2.69. The number of amides is 1. The molecule has 3 heterocycles. The Morgan fingerprint density at radius 3 is 2.81 bits per heavy atom. The molecule has 27 heavy (non-hydrogen) atoms. The van der Waals surface area contributed by atoms with Gasteiger partial charge in [-0.2, -0.15) is 0 Å². The van der Waals surface area contributed by atoms with E-state index in [4.69, 9.17) is 4.98 Å². The van der Waals surface area contributed by atoms with Crippen molar-refractivity contribution in [1.29, 1.82) is 0 Å². The minimum atomic E-state index is -0.283. The first-order valence-corrected chi connectivity index (χ1v) is 9.67. The van der Waals surface area contributed by atoms with Crippen molar-refractivity contribution in [2.45, 2.75) is 44.7 Å². The number of likely N-dealkylation sites (tertiary alicyclic amines) is 1. The maximum Gasteiger partial charge on any atom is 0.227 e. The fraction of sp³-hybridized carbons (Fsp3) is 0.476. The van der Waals surface area contributed by atoms with E-state index in [-0.39, 0.29) is 11.7 Å². The SMILES string of the molecule is CN1CCCC[C@H]1c1ncc2c(n1)CCN(C(=O)Cc1ccc(F)cc1)C2. The molecule has 2 aliphatic heterocycles. The number of carbonyl (C=O) groups excluding carboxylic acids is 1. The van der Waals surface area contributed by atoms with Gasteiger partial charge in [0.1, 0.15) is 11.6 Å². The molecule has 0 bridgehead atoms. The first-order valence-electron chi connectivity index (χ1n) is 9.67. The van der Waals surface area contributed by atoms with Crippen LogP contribution in [-0.2, 0) is 24.2 Å². The molecule has 6 heteroatoms. The van der Waals surface area contributed by atoms with Crippen LogP contribution in [0.25, 0.3) is 0 Å². The molecule has 2 aliphatic rings. The highest BCUT2D eigenvalue weighted by Gasteiger charge is 2.26. The maximum absolute atomic E-state index is 13.0. The van der Waals surface area contributed by atoms with E-state index >= 15 is 0 Å². The highest BCUT2D eigenvalue weighted by Crippen LogP contribution is 2.28. The number of fused-ring (bicyclic) bond motifs is 1. The molecule has 1 aromatic carbocycles. The number of carbonyl (C=O) groups is 1. The molecule has 4 rings (SSSR count). The lowest BCUT2D eigenvalue weighted by molar-refractivity contribution is -0.131. The van der Waals surface area contributed by atoms with Crippen molar-refractivity contribution in [3.63, 3.8) is 0 Å². The van der Waals surface area contributed by atoms with Crippen molar-refractivity contribution >= 4 is 5.91 Å². The quantitative estimate of drug-likeness (QED) is 0.836. The summed E-state index contributed by atoms with van der Waals surface area (Å²) in [5.41, 5.74) is 2.94. The monoisotopic (exact) mass is 368 g/mol. The Kier molecular flexibility index (Phi) is 5.16. The molecule has 1 fully saturated rings. The van der Waals surface area contributed by atoms with Gasteiger partial charge in [0, 0.05) is 31.3 Å². The second-order valence-corrected chi connectivity index (χ2v) is 7.56. The molecule has 0 unspecified atom stereocenters. The van der Waals surface area contributed by atoms with Crippen molar-refractivity contribution in [2.75, 3.05) is 20.1 Å². The number of rotatable bonds is 3. The molecular weight excluding hydrogens is 343 g/mol. The smallest absolute Gasteiger partial charge is 0.227 e. The van der Waals surface area contributed by atoms with E-state index in [1.54, 1.807) is 12.1 Å². The molecule has 2 aromatic rings. The molecule has 1 amide bonds. The Hall–Kier alpha value is -2.34. The van der Waals surface area contributed by atoms with Gasteiger partial charge in [-0.15, -0.1) is 0 Å². The second-order valence-electron chi connectivity index (χ2n) is 7.56.